The average molecular weight is 269 g/mol. The molecule has 0 amide bonds. The zero-order valence-corrected chi connectivity index (χ0v) is 9.71. The largest absolute Gasteiger partial charge is 0.478 e. The zero-order valence-electron chi connectivity index (χ0n) is 8.95. The SMILES string of the molecule is O=C(O)c1c(Cl)cccc1-c1ccc(F)cc1F. The minimum absolute atomic E-state index is 0.00343. The standard InChI is InChI=1S/C13H7ClF2O2/c14-10-3-1-2-9(12(10)13(17)18)8-5-4-7(15)6-11(8)16/h1-6H,(H,17,18). The number of hydrogen-bond donors (Lipinski definition) is 1. The lowest BCUT2D eigenvalue weighted by Gasteiger charge is -2.09. The number of benzene rings is 2. The van der Waals surface area contributed by atoms with Gasteiger partial charge < -0.3 is 5.11 Å². The number of carboxylic acids is 1. The van der Waals surface area contributed by atoms with Crippen LogP contribution in [0.2, 0.25) is 5.02 Å². The summed E-state index contributed by atoms with van der Waals surface area (Å²) in [5.41, 5.74) is -0.0894. The van der Waals surface area contributed by atoms with E-state index in [2.05, 4.69) is 0 Å². The predicted octanol–water partition coefficient (Wildman–Crippen LogP) is 3.98. The van der Waals surface area contributed by atoms with Crippen molar-refractivity contribution >= 4 is 17.6 Å². The van der Waals surface area contributed by atoms with Crippen molar-refractivity contribution in [1.82, 2.24) is 0 Å². The summed E-state index contributed by atoms with van der Waals surface area (Å²) in [7, 11) is 0. The molecular weight excluding hydrogens is 262 g/mol. The van der Waals surface area contributed by atoms with Gasteiger partial charge in [0.25, 0.3) is 0 Å². The minimum atomic E-state index is -1.26. The van der Waals surface area contributed by atoms with E-state index in [9.17, 15) is 13.6 Å². The average Bonchev–Trinajstić information content (AvgIpc) is 2.28. The van der Waals surface area contributed by atoms with Crippen LogP contribution in [0.1, 0.15) is 10.4 Å². The topological polar surface area (TPSA) is 37.3 Å². The minimum Gasteiger partial charge on any atom is -0.478 e. The monoisotopic (exact) mass is 268 g/mol. The van der Waals surface area contributed by atoms with Gasteiger partial charge in [0.2, 0.25) is 0 Å². The van der Waals surface area contributed by atoms with Gasteiger partial charge in [-0.05, 0) is 18.2 Å². The molecular formula is C13H7ClF2O2. The quantitative estimate of drug-likeness (QED) is 0.894. The van der Waals surface area contributed by atoms with Gasteiger partial charge in [-0.15, -0.1) is 0 Å². The van der Waals surface area contributed by atoms with E-state index in [1.165, 1.54) is 24.3 Å². The summed E-state index contributed by atoms with van der Waals surface area (Å²) in [5.74, 6) is -2.82. The van der Waals surface area contributed by atoms with E-state index >= 15 is 0 Å². The Morgan fingerprint density at radius 3 is 2.44 bits per heavy atom. The summed E-state index contributed by atoms with van der Waals surface area (Å²) in [6, 6.07) is 7.27. The molecule has 0 saturated heterocycles. The number of rotatable bonds is 2. The number of carbonyl (C=O) groups is 1. The Bertz CT molecular complexity index is 626. The fourth-order valence-corrected chi connectivity index (χ4v) is 1.93. The highest BCUT2D eigenvalue weighted by Crippen LogP contribution is 2.31. The van der Waals surface area contributed by atoms with Crippen LogP contribution in [0.5, 0.6) is 0 Å². The Morgan fingerprint density at radius 2 is 1.83 bits per heavy atom. The molecule has 0 radical (unpaired) electrons. The summed E-state index contributed by atoms with van der Waals surface area (Å²) in [6.07, 6.45) is 0. The van der Waals surface area contributed by atoms with Gasteiger partial charge in [0.15, 0.2) is 0 Å². The van der Waals surface area contributed by atoms with E-state index < -0.39 is 17.6 Å². The van der Waals surface area contributed by atoms with E-state index in [-0.39, 0.29) is 21.7 Å². The van der Waals surface area contributed by atoms with Gasteiger partial charge in [-0.25, -0.2) is 13.6 Å². The van der Waals surface area contributed by atoms with E-state index in [1.54, 1.807) is 0 Å². The Hall–Kier alpha value is -1.94. The van der Waals surface area contributed by atoms with Crippen LogP contribution in [0.4, 0.5) is 8.78 Å². The van der Waals surface area contributed by atoms with Crippen LogP contribution in [0.15, 0.2) is 36.4 Å². The second kappa shape index (κ2) is 4.74. The van der Waals surface area contributed by atoms with Crippen molar-refractivity contribution in [3.8, 4) is 11.1 Å². The molecule has 0 saturated carbocycles. The van der Waals surface area contributed by atoms with Crippen molar-refractivity contribution in [3.63, 3.8) is 0 Å². The number of carboxylic acid groups (broad SMARTS) is 1. The summed E-state index contributed by atoms with van der Waals surface area (Å²) in [5, 5.41) is 9.08. The highest BCUT2D eigenvalue weighted by Gasteiger charge is 2.18. The maximum absolute atomic E-state index is 13.6. The maximum atomic E-state index is 13.6. The van der Waals surface area contributed by atoms with Crippen molar-refractivity contribution < 1.29 is 18.7 Å². The fraction of sp³-hybridized carbons (Fsp3) is 0. The van der Waals surface area contributed by atoms with E-state index in [4.69, 9.17) is 16.7 Å². The van der Waals surface area contributed by atoms with Crippen LogP contribution in [-0.2, 0) is 0 Å². The van der Waals surface area contributed by atoms with Crippen molar-refractivity contribution in [2.75, 3.05) is 0 Å². The van der Waals surface area contributed by atoms with Crippen molar-refractivity contribution in [1.29, 1.82) is 0 Å². The molecule has 5 heteroatoms. The molecule has 18 heavy (non-hydrogen) atoms. The molecule has 2 aromatic rings. The molecule has 0 spiro atoms. The van der Waals surface area contributed by atoms with Crippen molar-refractivity contribution in [3.05, 3.63) is 58.6 Å². The van der Waals surface area contributed by atoms with Crippen LogP contribution in [0.3, 0.4) is 0 Å². The Morgan fingerprint density at radius 1 is 1.11 bits per heavy atom. The van der Waals surface area contributed by atoms with Gasteiger partial charge in [0.1, 0.15) is 11.6 Å². The van der Waals surface area contributed by atoms with E-state index in [0.29, 0.717) is 6.07 Å². The Balaban J connectivity index is 2.71. The summed E-state index contributed by atoms with van der Waals surface area (Å²) in [6.45, 7) is 0. The molecule has 2 nitrogen and oxygen atoms in total. The first-order valence-electron chi connectivity index (χ1n) is 4.98. The van der Waals surface area contributed by atoms with E-state index in [0.717, 1.165) is 6.07 Å². The lowest BCUT2D eigenvalue weighted by atomic mass is 9.99. The van der Waals surface area contributed by atoms with Gasteiger partial charge in [0, 0.05) is 17.2 Å². The summed E-state index contributed by atoms with van der Waals surface area (Å²) in [4.78, 5) is 11.1. The van der Waals surface area contributed by atoms with Gasteiger partial charge in [-0.3, -0.25) is 0 Å². The van der Waals surface area contributed by atoms with Crippen LogP contribution >= 0.6 is 11.6 Å². The molecule has 0 unspecified atom stereocenters. The normalized spacial score (nSPS) is 10.4. The molecule has 0 fully saturated rings. The Labute approximate surface area is 106 Å². The van der Waals surface area contributed by atoms with Crippen LogP contribution in [-0.4, -0.2) is 11.1 Å². The lowest BCUT2D eigenvalue weighted by Crippen LogP contribution is -2.01. The molecule has 0 bridgehead atoms. The third kappa shape index (κ3) is 2.19. The van der Waals surface area contributed by atoms with Gasteiger partial charge in [-0.1, -0.05) is 23.7 Å². The predicted molar refractivity (Wildman–Crippen MR) is 63.8 cm³/mol. The lowest BCUT2D eigenvalue weighted by molar-refractivity contribution is 0.0698. The van der Waals surface area contributed by atoms with Gasteiger partial charge in [0.05, 0.1) is 10.6 Å². The third-order valence-electron chi connectivity index (χ3n) is 2.45. The fourth-order valence-electron chi connectivity index (χ4n) is 1.67. The van der Waals surface area contributed by atoms with E-state index in [1.807, 2.05) is 0 Å². The number of hydrogen-bond acceptors (Lipinski definition) is 1. The summed E-state index contributed by atoms with van der Waals surface area (Å²) >= 11 is 5.78. The molecule has 0 aliphatic rings. The first-order chi connectivity index (χ1) is 8.50. The molecule has 0 aliphatic carbocycles. The van der Waals surface area contributed by atoms with Crippen molar-refractivity contribution in [2.24, 2.45) is 0 Å². The highest BCUT2D eigenvalue weighted by atomic mass is 35.5. The maximum Gasteiger partial charge on any atom is 0.337 e. The van der Waals surface area contributed by atoms with Crippen LogP contribution in [0.25, 0.3) is 11.1 Å². The molecule has 0 atom stereocenters. The molecule has 2 aromatic carbocycles. The van der Waals surface area contributed by atoms with Gasteiger partial charge in [-0.2, -0.15) is 0 Å². The zero-order chi connectivity index (χ0) is 13.3. The molecule has 2 rings (SSSR count). The smallest absolute Gasteiger partial charge is 0.337 e. The Kier molecular flexibility index (Phi) is 3.30. The molecule has 0 aliphatic heterocycles. The number of aromatic carboxylic acids is 1. The second-order valence-electron chi connectivity index (χ2n) is 3.59. The van der Waals surface area contributed by atoms with Crippen molar-refractivity contribution in [2.45, 2.75) is 0 Å². The first kappa shape index (κ1) is 12.5. The van der Waals surface area contributed by atoms with Gasteiger partial charge >= 0.3 is 5.97 Å². The number of halogens is 3. The van der Waals surface area contributed by atoms with Crippen LogP contribution in [0, 0.1) is 11.6 Å². The van der Waals surface area contributed by atoms with Crippen LogP contribution < -0.4 is 0 Å². The molecule has 0 aromatic heterocycles. The molecule has 92 valence electrons. The second-order valence-corrected chi connectivity index (χ2v) is 4.00. The highest BCUT2D eigenvalue weighted by molar-refractivity contribution is 6.34. The first-order valence-corrected chi connectivity index (χ1v) is 5.35. The summed E-state index contributed by atoms with van der Waals surface area (Å²) < 4.78 is 26.5. The molecule has 1 N–H and O–H groups in total. The molecule has 0 heterocycles. The third-order valence-corrected chi connectivity index (χ3v) is 2.76.